The van der Waals surface area contributed by atoms with Crippen molar-refractivity contribution in [3.05, 3.63) is 353 Å². The van der Waals surface area contributed by atoms with Crippen LogP contribution in [0.5, 0.6) is 23.0 Å². The highest BCUT2D eigenvalue weighted by molar-refractivity contribution is 6.08. The van der Waals surface area contributed by atoms with Gasteiger partial charge < -0.3 is 28.9 Å². The van der Waals surface area contributed by atoms with Gasteiger partial charge in [-0.25, -0.2) is 49.1 Å². The molecule has 2 aliphatic heterocycles. The fourth-order valence-corrected chi connectivity index (χ4v) is 16.8. The molecular formula is C104H78N20O12. The van der Waals surface area contributed by atoms with Crippen LogP contribution in [0.25, 0.3) is 158 Å². The maximum absolute atomic E-state index is 15.4. The number of Topliss-reactive ketones (excluding diaryl/α,β-unsaturated/α-hetero) is 4. The van der Waals surface area contributed by atoms with Crippen LogP contribution in [0.2, 0.25) is 0 Å². The first kappa shape index (κ1) is 84.5. The van der Waals surface area contributed by atoms with E-state index in [1.165, 1.54) is 65.4 Å². The quantitative estimate of drug-likeness (QED) is 0.0531. The van der Waals surface area contributed by atoms with Gasteiger partial charge in [-0.05, 0) is 198 Å². The van der Waals surface area contributed by atoms with E-state index in [1.807, 2.05) is 125 Å². The zero-order chi connectivity index (χ0) is 93.6. The maximum atomic E-state index is 15.4. The van der Waals surface area contributed by atoms with E-state index in [0.29, 0.717) is 111 Å². The summed E-state index contributed by atoms with van der Waals surface area (Å²) in [6.45, 7) is 6.18. The molecule has 8 bridgehead atoms. The first-order valence-corrected chi connectivity index (χ1v) is 43.2. The lowest BCUT2D eigenvalue weighted by Gasteiger charge is -2.06. The van der Waals surface area contributed by atoms with E-state index in [1.54, 1.807) is 170 Å². The SMILES string of the molecule is COc1ccc(C(=O)Cn2c(-c3ccc(C)cc3)nn(-c3ccc4c(c3)-c3nc-4nc4[nH]c(nc5nc(nc6[nH]c(n3)c3ccc(-n7nc(-c8ccc(C)cc8)n(CC(=O)c8ccc(OC)cc8)c7=O)cc63)-c3ccc(-n6nc(-c7ccc(C)cc7)n(CC(=O)c7ccc(OC)cc7)c6=O)cc3-5)c3ccc(-n5nc(-c6ccc(C)cc6)n(CC(=O)c6ccc(OC)cc6)c5=O)cc43)c2=O)cc1. The number of aromatic nitrogens is 20. The number of H-pyrrole nitrogens is 2. The van der Waals surface area contributed by atoms with Gasteiger partial charge in [-0.3, -0.25) is 37.4 Å². The smallest absolute Gasteiger partial charge is 0.351 e. The summed E-state index contributed by atoms with van der Waals surface area (Å²) >= 11 is 0. The van der Waals surface area contributed by atoms with Gasteiger partial charge in [0.1, 0.15) is 45.6 Å². The van der Waals surface area contributed by atoms with Crippen molar-refractivity contribution in [1.29, 1.82) is 0 Å². The van der Waals surface area contributed by atoms with E-state index in [-0.39, 0.29) is 115 Å². The fourth-order valence-electron chi connectivity index (χ4n) is 16.8. The Morgan fingerprint density at radius 1 is 0.257 bits per heavy atom. The Bertz CT molecular complexity index is 8090. The summed E-state index contributed by atoms with van der Waals surface area (Å²) in [6.07, 6.45) is 0. The van der Waals surface area contributed by atoms with E-state index in [9.17, 15) is 19.2 Å². The number of nitrogens with zero attached hydrogens (tertiary/aromatic N) is 18. The molecule has 666 valence electrons. The summed E-state index contributed by atoms with van der Waals surface area (Å²) in [6, 6.07) is 76.8. The molecule has 0 spiro atoms. The van der Waals surface area contributed by atoms with Crippen molar-refractivity contribution in [2.24, 2.45) is 0 Å². The predicted molar refractivity (Wildman–Crippen MR) is 512 cm³/mol. The molecule has 0 radical (unpaired) electrons. The van der Waals surface area contributed by atoms with Gasteiger partial charge in [-0.15, -0.1) is 20.4 Å². The minimum atomic E-state index is -0.649. The lowest BCUT2D eigenvalue weighted by atomic mass is 10.1. The molecular weight excluding hydrogens is 1720 g/mol. The van der Waals surface area contributed by atoms with Gasteiger partial charge in [0.05, 0.1) is 77.4 Å². The molecule has 0 atom stereocenters. The lowest BCUT2D eigenvalue weighted by molar-refractivity contribution is 0.0963. The molecule has 0 fully saturated rings. The fraction of sp³-hybridized carbons (Fsp3) is 0.115. The summed E-state index contributed by atoms with van der Waals surface area (Å²) in [4.78, 5) is 159. The number of aromatic amines is 2. The van der Waals surface area contributed by atoms with Crippen LogP contribution in [-0.4, -0.2) is 149 Å². The molecule has 7 aromatic heterocycles. The van der Waals surface area contributed by atoms with Crippen LogP contribution in [0, 0.1) is 27.7 Å². The molecule has 0 aliphatic carbocycles. The molecule has 32 nitrogen and oxygen atoms in total. The number of aryl methyl sites for hydroxylation is 4. The van der Waals surface area contributed by atoms with Crippen molar-refractivity contribution in [1.82, 2.24) is 97.3 Å². The topological polar surface area (TPSA) is 373 Å². The van der Waals surface area contributed by atoms with Crippen LogP contribution >= 0.6 is 0 Å². The van der Waals surface area contributed by atoms with Crippen molar-refractivity contribution >= 4 is 67.3 Å². The molecule has 32 heteroatoms. The average Bonchev–Trinajstić information content (AvgIpc) is 1.59. The first-order chi connectivity index (χ1) is 66.0. The standard InChI is InChI=1S/C104H78N20O12/c1-57-9-17-65(18-10-57)97-113-121(101(129)117(97)53-85(125)61-25-37-73(133-5)38-26-61)69-33-45-77-81(49-69)93-105-89(77)110-94-83-51-71(123-103(131)119(99(115-123)67-21-13-59(3)14-22-67)55-87(127)63-29-41-75(135-7)42-30-63)35-47-79(83)91(107-94)112-96-84-52-72(124-104(132)120(100(116-124)68-23-15-60(4)16-24-68)56-88(128)64-31-43-76(136-8)44-32-64)36-48-80(84)92(108-96)111-95-82-50-70(34-46-78(82)90(106-95)109-93)122-102(130)118(98(114-122)66-19-11-58(2)12-20-66)54-86(126)62-27-39-74(134-6)40-28-62/h9-52H,53-56H2,1-8H3,(H2,105,106,107,108,109,110,111,112). The zero-order valence-corrected chi connectivity index (χ0v) is 74.2. The van der Waals surface area contributed by atoms with Crippen molar-refractivity contribution in [2.45, 2.75) is 53.9 Å². The third kappa shape index (κ3) is 15.4. The minimum absolute atomic E-state index is 0.0630. The summed E-state index contributed by atoms with van der Waals surface area (Å²) < 4.78 is 31.8. The number of hydrogen-bond acceptors (Lipinski definition) is 22. The molecule has 12 aromatic carbocycles. The molecule has 21 rings (SSSR count). The average molecular weight is 1800 g/mol. The van der Waals surface area contributed by atoms with Gasteiger partial charge in [0.25, 0.3) is 0 Å². The number of ether oxygens (including phenoxy) is 4. The van der Waals surface area contributed by atoms with Crippen molar-refractivity contribution in [3.8, 4) is 137 Å². The van der Waals surface area contributed by atoms with Crippen LogP contribution in [-0.2, 0) is 26.2 Å². The van der Waals surface area contributed by atoms with E-state index in [2.05, 4.69) is 9.97 Å². The third-order valence-electron chi connectivity index (χ3n) is 24.3. The third-order valence-corrected chi connectivity index (χ3v) is 24.3. The van der Waals surface area contributed by atoms with Crippen LogP contribution in [0.15, 0.2) is 286 Å². The second-order valence-corrected chi connectivity index (χ2v) is 33.0. The van der Waals surface area contributed by atoms with Crippen LogP contribution in [0.4, 0.5) is 0 Å². The van der Waals surface area contributed by atoms with Crippen molar-refractivity contribution in [2.75, 3.05) is 28.4 Å². The number of hydrogen-bond donors (Lipinski definition) is 2. The summed E-state index contributed by atoms with van der Waals surface area (Å²) in [5.74, 6) is 1.81. The van der Waals surface area contributed by atoms with Crippen molar-refractivity contribution < 1.29 is 38.1 Å². The Balaban J connectivity index is 0.803. The van der Waals surface area contributed by atoms with Gasteiger partial charge in [0.2, 0.25) is 0 Å². The number of carbonyl (C=O) groups is 4. The Kier molecular flexibility index (Phi) is 21.2. The number of fused-ring (bicyclic) bond motifs is 20. The van der Waals surface area contributed by atoms with E-state index >= 15 is 19.2 Å². The van der Waals surface area contributed by atoms with Crippen LogP contribution in [0.3, 0.4) is 0 Å². The van der Waals surface area contributed by atoms with E-state index in [4.69, 9.17) is 69.2 Å². The number of nitrogens with one attached hydrogen (secondary N) is 2. The molecule has 0 saturated carbocycles. The van der Waals surface area contributed by atoms with Gasteiger partial charge in [-0.1, -0.05) is 119 Å². The van der Waals surface area contributed by atoms with Gasteiger partial charge in [0, 0.05) is 88.3 Å². The molecule has 2 aliphatic rings. The molecule has 0 unspecified atom stereocenters. The molecule has 2 N–H and O–H groups in total. The highest BCUT2D eigenvalue weighted by Gasteiger charge is 2.31. The van der Waals surface area contributed by atoms with E-state index < -0.39 is 48.9 Å². The van der Waals surface area contributed by atoms with E-state index in [0.717, 1.165) is 22.3 Å². The Labute approximate surface area is 770 Å². The lowest BCUT2D eigenvalue weighted by Crippen LogP contribution is -2.27. The summed E-state index contributed by atoms with van der Waals surface area (Å²) in [5, 5.41) is 21.6. The summed E-state index contributed by atoms with van der Waals surface area (Å²) in [5.41, 5.74) is 7.94. The highest BCUT2D eigenvalue weighted by atomic mass is 16.5. The van der Waals surface area contributed by atoms with Gasteiger partial charge in [0.15, 0.2) is 69.7 Å². The number of carbonyl (C=O) groups excluding carboxylic acids is 4. The molecule has 19 aromatic rings. The molecule has 0 saturated heterocycles. The van der Waals surface area contributed by atoms with Gasteiger partial charge in [-0.2, -0.15) is 18.7 Å². The van der Waals surface area contributed by atoms with Gasteiger partial charge >= 0.3 is 22.8 Å². The number of ketones is 4. The number of rotatable bonds is 24. The molecule has 9 heterocycles. The first-order valence-electron chi connectivity index (χ1n) is 43.2. The van der Waals surface area contributed by atoms with Crippen LogP contribution in [0.1, 0.15) is 63.7 Å². The number of methoxy groups -OCH3 is 4. The number of benzene rings is 12. The van der Waals surface area contributed by atoms with Crippen LogP contribution < -0.4 is 41.7 Å². The normalized spacial score (nSPS) is 11.6. The second kappa shape index (κ2) is 34.2. The summed E-state index contributed by atoms with van der Waals surface area (Å²) in [7, 11) is 6.11. The maximum Gasteiger partial charge on any atom is 0.351 e. The Morgan fingerprint density at radius 2 is 0.485 bits per heavy atom. The van der Waals surface area contributed by atoms with Crippen molar-refractivity contribution in [3.63, 3.8) is 0 Å². The predicted octanol–water partition coefficient (Wildman–Crippen LogP) is 15.7. The molecule has 136 heavy (non-hydrogen) atoms. The Hall–Kier alpha value is -18.4. The highest BCUT2D eigenvalue weighted by Crippen LogP contribution is 2.41. The Morgan fingerprint density at radius 3 is 0.735 bits per heavy atom. The second-order valence-electron chi connectivity index (χ2n) is 33.0. The largest absolute Gasteiger partial charge is 0.497 e. The monoisotopic (exact) mass is 1800 g/mol. The minimum Gasteiger partial charge on any atom is -0.497 e. The zero-order valence-electron chi connectivity index (χ0n) is 74.2. The molecule has 0 amide bonds.